The molecule has 0 heterocycles. The molecule has 3 nitrogen and oxygen atoms in total. The normalized spacial score (nSPS) is 13.4. The number of ketones is 1. The number of ether oxygens (including phenoxy) is 1. The van der Waals surface area contributed by atoms with Crippen LogP contribution in [0.3, 0.4) is 0 Å². The highest BCUT2D eigenvalue weighted by Crippen LogP contribution is 2.19. The summed E-state index contributed by atoms with van der Waals surface area (Å²) in [5, 5.41) is 10.3. The number of benzene rings is 2. The summed E-state index contributed by atoms with van der Waals surface area (Å²) >= 11 is 0. The smallest absolute Gasteiger partial charge is 0.168 e. The number of methoxy groups -OCH3 is 1. The molecule has 0 spiro atoms. The standard InChI is InChI=1S/C19H22O3/c1-14(18(20)13-8-15-6-4-3-5-7-15)19(21)16-9-11-17(22-2)12-10-16/h3-7,9-12,14,18,20H,8,13H2,1-2H3/t14-,18+/m0/s1. The van der Waals surface area contributed by atoms with Gasteiger partial charge in [0.2, 0.25) is 0 Å². The van der Waals surface area contributed by atoms with E-state index in [4.69, 9.17) is 4.74 Å². The third kappa shape index (κ3) is 4.18. The number of carbonyl (C=O) groups is 1. The van der Waals surface area contributed by atoms with Gasteiger partial charge in [-0.25, -0.2) is 0 Å². The van der Waals surface area contributed by atoms with Gasteiger partial charge in [-0.1, -0.05) is 37.3 Å². The molecule has 0 saturated carbocycles. The largest absolute Gasteiger partial charge is 0.497 e. The zero-order chi connectivity index (χ0) is 15.9. The van der Waals surface area contributed by atoms with Gasteiger partial charge < -0.3 is 9.84 Å². The Kier molecular flexibility index (Phi) is 5.73. The molecule has 2 rings (SSSR count). The summed E-state index contributed by atoms with van der Waals surface area (Å²) in [6, 6.07) is 17.0. The molecule has 2 aromatic carbocycles. The Morgan fingerprint density at radius 3 is 2.32 bits per heavy atom. The van der Waals surface area contributed by atoms with E-state index in [1.165, 1.54) is 5.56 Å². The van der Waals surface area contributed by atoms with Crippen LogP contribution in [-0.2, 0) is 6.42 Å². The van der Waals surface area contributed by atoms with Crippen molar-refractivity contribution in [2.24, 2.45) is 5.92 Å². The van der Waals surface area contributed by atoms with Gasteiger partial charge in [0.25, 0.3) is 0 Å². The monoisotopic (exact) mass is 298 g/mol. The fourth-order valence-corrected chi connectivity index (χ4v) is 2.40. The van der Waals surface area contributed by atoms with E-state index in [1.54, 1.807) is 38.3 Å². The number of carbonyl (C=O) groups excluding carboxylic acids is 1. The van der Waals surface area contributed by atoms with Gasteiger partial charge in [0.15, 0.2) is 5.78 Å². The van der Waals surface area contributed by atoms with E-state index in [0.29, 0.717) is 17.7 Å². The van der Waals surface area contributed by atoms with Crippen molar-refractivity contribution in [3.63, 3.8) is 0 Å². The van der Waals surface area contributed by atoms with Crippen molar-refractivity contribution in [3.8, 4) is 5.75 Å². The Labute approximate surface area is 131 Å². The molecule has 0 aliphatic heterocycles. The third-order valence-electron chi connectivity index (χ3n) is 3.94. The van der Waals surface area contributed by atoms with E-state index >= 15 is 0 Å². The Balaban J connectivity index is 1.93. The fourth-order valence-electron chi connectivity index (χ4n) is 2.40. The van der Waals surface area contributed by atoms with Crippen molar-refractivity contribution in [1.82, 2.24) is 0 Å². The highest BCUT2D eigenvalue weighted by molar-refractivity contribution is 5.98. The van der Waals surface area contributed by atoms with Crippen molar-refractivity contribution < 1.29 is 14.6 Å². The van der Waals surface area contributed by atoms with Crippen LogP contribution in [0, 0.1) is 5.92 Å². The van der Waals surface area contributed by atoms with Gasteiger partial charge in [0.05, 0.1) is 13.2 Å². The molecule has 0 saturated heterocycles. The highest BCUT2D eigenvalue weighted by Gasteiger charge is 2.23. The summed E-state index contributed by atoms with van der Waals surface area (Å²) in [6.45, 7) is 1.78. The SMILES string of the molecule is COc1ccc(C(=O)[C@@H](C)[C@H](O)CCc2ccccc2)cc1. The van der Waals surface area contributed by atoms with Crippen molar-refractivity contribution >= 4 is 5.78 Å². The topological polar surface area (TPSA) is 46.5 Å². The van der Waals surface area contributed by atoms with Crippen LogP contribution in [0.2, 0.25) is 0 Å². The molecule has 3 heteroatoms. The van der Waals surface area contributed by atoms with Gasteiger partial charge in [-0.2, -0.15) is 0 Å². The molecule has 0 amide bonds. The number of hydrogen-bond donors (Lipinski definition) is 1. The maximum atomic E-state index is 12.4. The summed E-state index contributed by atoms with van der Waals surface area (Å²) in [5.74, 6) is 0.258. The molecular formula is C19H22O3. The predicted molar refractivity (Wildman–Crippen MR) is 87.3 cm³/mol. The molecule has 1 N–H and O–H groups in total. The molecule has 0 aliphatic carbocycles. The van der Waals surface area contributed by atoms with Crippen LogP contribution in [0.25, 0.3) is 0 Å². The number of rotatable bonds is 7. The number of aliphatic hydroxyl groups is 1. The maximum absolute atomic E-state index is 12.4. The van der Waals surface area contributed by atoms with Crippen molar-refractivity contribution in [1.29, 1.82) is 0 Å². The first-order valence-corrected chi connectivity index (χ1v) is 7.52. The van der Waals surface area contributed by atoms with Crippen LogP contribution in [-0.4, -0.2) is 24.1 Å². The zero-order valence-electron chi connectivity index (χ0n) is 13.0. The molecule has 0 bridgehead atoms. The Morgan fingerprint density at radius 2 is 1.73 bits per heavy atom. The Hall–Kier alpha value is -2.13. The van der Waals surface area contributed by atoms with E-state index < -0.39 is 12.0 Å². The molecular weight excluding hydrogens is 276 g/mol. The first-order chi connectivity index (χ1) is 10.6. The minimum Gasteiger partial charge on any atom is -0.497 e. The molecule has 2 aromatic rings. The van der Waals surface area contributed by atoms with Crippen LogP contribution in [0.15, 0.2) is 54.6 Å². The lowest BCUT2D eigenvalue weighted by Crippen LogP contribution is -2.26. The average Bonchev–Trinajstić information content (AvgIpc) is 2.59. The van der Waals surface area contributed by atoms with Crippen LogP contribution in [0.4, 0.5) is 0 Å². The Morgan fingerprint density at radius 1 is 1.09 bits per heavy atom. The lowest BCUT2D eigenvalue weighted by Gasteiger charge is -2.18. The van der Waals surface area contributed by atoms with Crippen molar-refractivity contribution in [2.75, 3.05) is 7.11 Å². The summed E-state index contributed by atoms with van der Waals surface area (Å²) in [7, 11) is 1.59. The van der Waals surface area contributed by atoms with E-state index in [2.05, 4.69) is 0 Å². The quantitative estimate of drug-likeness (QED) is 0.796. The number of aryl methyl sites for hydroxylation is 1. The van der Waals surface area contributed by atoms with E-state index in [9.17, 15) is 9.90 Å². The second-order valence-corrected chi connectivity index (χ2v) is 5.47. The lowest BCUT2D eigenvalue weighted by molar-refractivity contribution is 0.0692. The van der Waals surface area contributed by atoms with Gasteiger partial charge in [-0.05, 0) is 42.7 Å². The molecule has 0 radical (unpaired) electrons. The van der Waals surface area contributed by atoms with Gasteiger partial charge >= 0.3 is 0 Å². The van der Waals surface area contributed by atoms with Crippen LogP contribution in [0.1, 0.15) is 29.3 Å². The first-order valence-electron chi connectivity index (χ1n) is 7.52. The van der Waals surface area contributed by atoms with E-state index in [1.807, 2.05) is 30.3 Å². The maximum Gasteiger partial charge on any atom is 0.168 e. The second-order valence-electron chi connectivity index (χ2n) is 5.47. The molecule has 0 aromatic heterocycles. The van der Waals surface area contributed by atoms with Gasteiger partial charge in [0, 0.05) is 11.5 Å². The number of hydrogen-bond acceptors (Lipinski definition) is 3. The van der Waals surface area contributed by atoms with Gasteiger partial charge in [-0.3, -0.25) is 4.79 Å². The van der Waals surface area contributed by atoms with Gasteiger partial charge in [0.1, 0.15) is 5.75 Å². The van der Waals surface area contributed by atoms with Crippen LogP contribution in [0.5, 0.6) is 5.75 Å². The van der Waals surface area contributed by atoms with Crippen molar-refractivity contribution in [3.05, 3.63) is 65.7 Å². The summed E-state index contributed by atoms with van der Waals surface area (Å²) in [6.07, 6.45) is 0.699. The number of Topliss-reactive ketones (excluding diaryl/α,β-unsaturated/α-hetero) is 1. The lowest BCUT2D eigenvalue weighted by atomic mass is 9.91. The molecule has 0 fully saturated rings. The minimum atomic E-state index is -0.644. The molecule has 116 valence electrons. The molecule has 0 aliphatic rings. The highest BCUT2D eigenvalue weighted by atomic mass is 16.5. The summed E-state index contributed by atoms with van der Waals surface area (Å²) in [5.41, 5.74) is 1.78. The summed E-state index contributed by atoms with van der Waals surface area (Å²) < 4.78 is 5.08. The third-order valence-corrected chi connectivity index (χ3v) is 3.94. The minimum absolute atomic E-state index is 0.0387. The number of aliphatic hydroxyl groups excluding tert-OH is 1. The van der Waals surface area contributed by atoms with Gasteiger partial charge in [-0.15, -0.1) is 0 Å². The molecule has 2 atom stereocenters. The van der Waals surface area contributed by atoms with Crippen LogP contribution >= 0.6 is 0 Å². The second kappa shape index (κ2) is 7.76. The molecule has 22 heavy (non-hydrogen) atoms. The Bertz CT molecular complexity index is 590. The fraction of sp³-hybridized carbons (Fsp3) is 0.316. The van der Waals surface area contributed by atoms with E-state index in [-0.39, 0.29) is 5.78 Å². The van der Waals surface area contributed by atoms with Crippen LogP contribution < -0.4 is 4.74 Å². The predicted octanol–water partition coefficient (Wildman–Crippen LogP) is 3.51. The average molecular weight is 298 g/mol. The zero-order valence-corrected chi connectivity index (χ0v) is 13.0. The first kappa shape index (κ1) is 16.2. The van der Waals surface area contributed by atoms with E-state index in [0.717, 1.165) is 6.42 Å². The molecule has 0 unspecified atom stereocenters. The van der Waals surface area contributed by atoms with Crippen molar-refractivity contribution in [2.45, 2.75) is 25.9 Å². The summed E-state index contributed by atoms with van der Waals surface area (Å²) in [4.78, 5) is 12.4.